The summed E-state index contributed by atoms with van der Waals surface area (Å²) in [5.74, 6) is 0.417. The van der Waals surface area contributed by atoms with Crippen molar-refractivity contribution in [3.8, 4) is 11.5 Å². The first-order valence-corrected chi connectivity index (χ1v) is 6.81. The van der Waals surface area contributed by atoms with Gasteiger partial charge >= 0.3 is 5.69 Å². The van der Waals surface area contributed by atoms with Gasteiger partial charge in [0.2, 0.25) is 5.75 Å². The molecule has 1 aromatic carbocycles. The molecular weight excluding hydrogens is 262 g/mol. The van der Waals surface area contributed by atoms with E-state index in [1.54, 1.807) is 19.9 Å². The molecule has 0 aromatic heterocycles. The van der Waals surface area contributed by atoms with E-state index in [1.807, 2.05) is 6.92 Å². The quantitative estimate of drug-likeness (QED) is 0.585. The number of aliphatic hydroxyl groups excluding tert-OH is 1. The van der Waals surface area contributed by atoms with E-state index in [4.69, 9.17) is 9.47 Å². The van der Waals surface area contributed by atoms with Gasteiger partial charge in [-0.25, -0.2) is 0 Å². The highest BCUT2D eigenvalue weighted by molar-refractivity contribution is 5.58. The summed E-state index contributed by atoms with van der Waals surface area (Å²) in [6.45, 7) is 6.15. The lowest BCUT2D eigenvalue weighted by Gasteiger charge is -2.15. The zero-order valence-corrected chi connectivity index (χ0v) is 12.1. The molecule has 0 saturated heterocycles. The predicted molar refractivity (Wildman–Crippen MR) is 75.3 cm³/mol. The summed E-state index contributed by atoms with van der Waals surface area (Å²) in [5.41, 5.74) is 0.299. The molecule has 0 bridgehead atoms. The fourth-order valence-electron chi connectivity index (χ4n) is 1.93. The second kappa shape index (κ2) is 7.69. The summed E-state index contributed by atoms with van der Waals surface area (Å²) < 4.78 is 10.7. The smallest absolute Gasteiger partial charge is 0.315 e. The van der Waals surface area contributed by atoms with Gasteiger partial charge in [-0.15, -0.1) is 0 Å². The molecule has 0 aliphatic rings. The molecule has 20 heavy (non-hydrogen) atoms. The standard InChI is InChI=1S/C14H21NO5/c1-4-7-12(16)10-8-11(15(17)18)14(20-6-3)13(9-10)19-5-2/h8-9,12,16H,4-7H2,1-3H3. The first kappa shape index (κ1) is 16.2. The molecule has 0 saturated carbocycles. The van der Waals surface area contributed by atoms with Crippen LogP contribution in [-0.2, 0) is 0 Å². The molecule has 0 radical (unpaired) electrons. The van der Waals surface area contributed by atoms with Gasteiger partial charge in [0.05, 0.1) is 24.2 Å². The lowest BCUT2D eigenvalue weighted by molar-refractivity contribution is -0.386. The molecule has 0 heterocycles. The number of nitro groups is 1. The Labute approximate surface area is 118 Å². The minimum atomic E-state index is -0.742. The number of rotatable bonds is 8. The zero-order chi connectivity index (χ0) is 15.1. The molecule has 1 N–H and O–H groups in total. The van der Waals surface area contributed by atoms with Crippen molar-refractivity contribution in [2.75, 3.05) is 13.2 Å². The molecule has 1 rings (SSSR count). The predicted octanol–water partition coefficient (Wildman–Crippen LogP) is 3.23. The van der Waals surface area contributed by atoms with E-state index in [-0.39, 0.29) is 11.4 Å². The highest BCUT2D eigenvalue weighted by Crippen LogP contribution is 2.40. The van der Waals surface area contributed by atoms with Gasteiger partial charge in [-0.3, -0.25) is 10.1 Å². The molecule has 0 amide bonds. The molecule has 0 aliphatic carbocycles. The van der Waals surface area contributed by atoms with Gasteiger partial charge in [0.15, 0.2) is 5.75 Å². The topological polar surface area (TPSA) is 81.8 Å². The van der Waals surface area contributed by atoms with Crippen molar-refractivity contribution in [1.29, 1.82) is 0 Å². The molecule has 112 valence electrons. The Morgan fingerprint density at radius 1 is 1.25 bits per heavy atom. The van der Waals surface area contributed by atoms with Gasteiger partial charge in [0.25, 0.3) is 0 Å². The Morgan fingerprint density at radius 2 is 1.90 bits per heavy atom. The van der Waals surface area contributed by atoms with Crippen LogP contribution in [0.15, 0.2) is 12.1 Å². The largest absolute Gasteiger partial charge is 0.490 e. The van der Waals surface area contributed by atoms with Crippen molar-refractivity contribution in [3.05, 3.63) is 27.8 Å². The van der Waals surface area contributed by atoms with Crippen LogP contribution in [0.1, 0.15) is 45.3 Å². The Balaban J connectivity index is 3.33. The van der Waals surface area contributed by atoms with Gasteiger partial charge < -0.3 is 14.6 Å². The number of hydrogen-bond donors (Lipinski definition) is 1. The van der Waals surface area contributed by atoms with Gasteiger partial charge in [-0.1, -0.05) is 13.3 Å². The van der Waals surface area contributed by atoms with E-state index < -0.39 is 11.0 Å². The van der Waals surface area contributed by atoms with Crippen molar-refractivity contribution < 1.29 is 19.5 Å². The Morgan fingerprint density at radius 3 is 2.40 bits per heavy atom. The Bertz CT molecular complexity index is 461. The third-order valence-electron chi connectivity index (χ3n) is 2.79. The fraction of sp³-hybridized carbons (Fsp3) is 0.571. The molecule has 0 aliphatic heterocycles. The van der Waals surface area contributed by atoms with Gasteiger partial charge in [0, 0.05) is 6.07 Å². The van der Waals surface area contributed by atoms with E-state index in [9.17, 15) is 15.2 Å². The lowest BCUT2D eigenvalue weighted by Crippen LogP contribution is -2.05. The molecule has 1 atom stereocenters. The average Bonchev–Trinajstić information content (AvgIpc) is 2.40. The van der Waals surface area contributed by atoms with Crippen molar-refractivity contribution in [1.82, 2.24) is 0 Å². The van der Waals surface area contributed by atoms with Crippen LogP contribution < -0.4 is 9.47 Å². The van der Waals surface area contributed by atoms with Crippen LogP contribution >= 0.6 is 0 Å². The molecular formula is C14H21NO5. The van der Waals surface area contributed by atoms with E-state index in [1.165, 1.54) is 6.07 Å². The van der Waals surface area contributed by atoms with Crippen LogP contribution in [0, 0.1) is 10.1 Å². The molecule has 0 spiro atoms. The maximum Gasteiger partial charge on any atom is 0.315 e. The second-order valence-corrected chi connectivity index (χ2v) is 4.29. The summed E-state index contributed by atoms with van der Waals surface area (Å²) >= 11 is 0. The monoisotopic (exact) mass is 283 g/mol. The van der Waals surface area contributed by atoms with Crippen LogP contribution in [0.3, 0.4) is 0 Å². The molecule has 1 unspecified atom stereocenters. The van der Waals surface area contributed by atoms with Crippen LogP contribution in [0.25, 0.3) is 0 Å². The van der Waals surface area contributed by atoms with Gasteiger partial charge in [0.1, 0.15) is 0 Å². The van der Waals surface area contributed by atoms with Gasteiger partial charge in [-0.2, -0.15) is 0 Å². The zero-order valence-electron chi connectivity index (χ0n) is 12.1. The number of nitro benzene ring substituents is 1. The Hall–Kier alpha value is -1.82. The molecule has 1 aromatic rings. The maximum atomic E-state index is 11.2. The normalized spacial score (nSPS) is 12.0. The van der Waals surface area contributed by atoms with Crippen molar-refractivity contribution >= 4 is 5.69 Å². The van der Waals surface area contributed by atoms with E-state index in [0.717, 1.165) is 6.42 Å². The first-order valence-electron chi connectivity index (χ1n) is 6.81. The van der Waals surface area contributed by atoms with Crippen LogP contribution in [0.5, 0.6) is 11.5 Å². The summed E-state index contributed by atoms with van der Waals surface area (Å²) in [4.78, 5) is 10.7. The lowest BCUT2D eigenvalue weighted by atomic mass is 10.0. The van der Waals surface area contributed by atoms with Gasteiger partial charge in [-0.05, 0) is 31.9 Å². The van der Waals surface area contributed by atoms with Crippen LogP contribution in [0.4, 0.5) is 5.69 Å². The number of aliphatic hydroxyl groups is 1. The molecule has 0 fully saturated rings. The fourth-order valence-corrected chi connectivity index (χ4v) is 1.93. The highest BCUT2D eigenvalue weighted by atomic mass is 16.6. The van der Waals surface area contributed by atoms with Crippen molar-refractivity contribution in [2.45, 2.75) is 39.7 Å². The number of ether oxygens (including phenoxy) is 2. The van der Waals surface area contributed by atoms with Crippen LogP contribution in [0.2, 0.25) is 0 Å². The van der Waals surface area contributed by atoms with Crippen molar-refractivity contribution in [2.24, 2.45) is 0 Å². The third kappa shape index (κ3) is 3.84. The van der Waals surface area contributed by atoms with Crippen molar-refractivity contribution in [3.63, 3.8) is 0 Å². The van der Waals surface area contributed by atoms with E-state index in [0.29, 0.717) is 30.9 Å². The molecule has 6 heteroatoms. The third-order valence-corrected chi connectivity index (χ3v) is 2.79. The number of nitrogens with zero attached hydrogens (tertiary/aromatic N) is 1. The summed E-state index contributed by atoms with van der Waals surface area (Å²) in [5, 5.41) is 21.2. The maximum absolute atomic E-state index is 11.2. The summed E-state index contributed by atoms with van der Waals surface area (Å²) in [6.07, 6.45) is 0.580. The van der Waals surface area contributed by atoms with Crippen LogP contribution in [-0.4, -0.2) is 23.2 Å². The SMILES string of the molecule is CCCC(O)c1cc(OCC)c(OCC)c([N+](=O)[O-])c1. The van der Waals surface area contributed by atoms with E-state index >= 15 is 0 Å². The van der Waals surface area contributed by atoms with E-state index in [2.05, 4.69) is 0 Å². The number of benzene rings is 1. The minimum Gasteiger partial charge on any atom is -0.490 e. The Kier molecular flexibility index (Phi) is 6.24. The highest BCUT2D eigenvalue weighted by Gasteiger charge is 2.24. The first-order chi connectivity index (χ1) is 9.54. The molecule has 6 nitrogen and oxygen atoms in total. The summed E-state index contributed by atoms with van der Waals surface area (Å²) in [6, 6.07) is 2.97. The summed E-state index contributed by atoms with van der Waals surface area (Å²) in [7, 11) is 0. The number of hydrogen-bond acceptors (Lipinski definition) is 5. The average molecular weight is 283 g/mol. The second-order valence-electron chi connectivity index (χ2n) is 4.29. The minimum absolute atomic E-state index is 0.117.